The van der Waals surface area contributed by atoms with Crippen LogP contribution in [-0.4, -0.2) is 72.5 Å². The van der Waals surface area contributed by atoms with Crippen molar-refractivity contribution in [2.24, 2.45) is 0 Å². The van der Waals surface area contributed by atoms with Crippen molar-refractivity contribution in [2.45, 2.75) is 50.4 Å². The zero-order chi connectivity index (χ0) is 23.7. The molecule has 0 bridgehead atoms. The molecule has 13 heteroatoms. The van der Waals surface area contributed by atoms with Gasteiger partial charge in [0.25, 0.3) is 5.16 Å². The summed E-state index contributed by atoms with van der Waals surface area (Å²) in [6.45, 7) is 6.44. The molecule has 1 fully saturated rings. The number of carbonyl (C=O) groups is 1. The maximum Gasteiger partial charge on any atom is 0.410 e. The number of piperidine rings is 1. The Morgan fingerprint density at radius 3 is 2.59 bits per heavy atom. The van der Waals surface area contributed by atoms with Crippen molar-refractivity contribution in [3.8, 4) is 16.5 Å². The first-order valence-corrected chi connectivity index (χ1v) is 13.5. The number of thiazole rings is 1. The van der Waals surface area contributed by atoms with Gasteiger partial charge in [0, 0.05) is 30.8 Å². The van der Waals surface area contributed by atoms with Crippen molar-refractivity contribution in [1.82, 2.24) is 19.9 Å². The minimum Gasteiger partial charge on any atom is -0.480 e. The Labute approximate surface area is 199 Å². The van der Waals surface area contributed by atoms with Crippen LogP contribution in [0.3, 0.4) is 0 Å². The van der Waals surface area contributed by atoms with E-state index < -0.39 is 15.4 Å². The highest BCUT2D eigenvalue weighted by Gasteiger charge is 2.30. The van der Waals surface area contributed by atoms with Gasteiger partial charge in [0.15, 0.2) is 0 Å². The van der Waals surface area contributed by atoms with Crippen molar-refractivity contribution in [3.05, 3.63) is 9.98 Å². The molecule has 176 valence electrons. The molecule has 1 atom stereocenters. The Morgan fingerprint density at radius 1 is 1.31 bits per heavy atom. The molecule has 2 aromatic rings. The topological polar surface area (TPSA) is 124 Å². The van der Waals surface area contributed by atoms with E-state index >= 15 is 0 Å². The molecular weight excluding hydrogens is 522 g/mol. The molecule has 1 aliphatic heterocycles. The van der Waals surface area contributed by atoms with Crippen LogP contribution >= 0.6 is 27.3 Å². The van der Waals surface area contributed by atoms with E-state index in [1.165, 1.54) is 18.4 Å². The number of hydrogen-bond acceptors (Lipinski definition) is 10. The summed E-state index contributed by atoms with van der Waals surface area (Å²) in [5.74, 6) is 0.389. The van der Waals surface area contributed by atoms with E-state index in [0.717, 1.165) is 19.1 Å². The number of carbonyl (C=O) groups excluding carboxylic acids is 1. The number of amides is 1. The molecule has 1 saturated heterocycles. The van der Waals surface area contributed by atoms with Gasteiger partial charge in [-0.3, -0.25) is 0 Å². The lowest BCUT2D eigenvalue weighted by Gasteiger charge is -2.34. The van der Waals surface area contributed by atoms with Gasteiger partial charge in [0.05, 0.1) is 7.11 Å². The average molecular weight is 548 g/mol. The maximum atomic E-state index is 12.5. The minimum atomic E-state index is -3.69. The molecule has 32 heavy (non-hydrogen) atoms. The van der Waals surface area contributed by atoms with Crippen LogP contribution in [0.4, 0.5) is 10.6 Å². The third kappa shape index (κ3) is 6.07. The number of rotatable bonds is 5. The van der Waals surface area contributed by atoms with Gasteiger partial charge in [-0.05, 0) is 49.5 Å². The summed E-state index contributed by atoms with van der Waals surface area (Å²) in [6, 6.07) is -0.176. The van der Waals surface area contributed by atoms with Crippen molar-refractivity contribution in [1.29, 1.82) is 0 Å². The molecule has 0 saturated carbocycles. The highest BCUT2D eigenvalue weighted by molar-refractivity contribution is 9.10. The monoisotopic (exact) mass is 547 g/mol. The van der Waals surface area contributed by atoms with Crippen LogP contribution in [0, 0.1) is 0 Å². The largest absolute Gasteiger partial charge is 0.480 e. The number of nitrogens with one attached hydrogen (secondary N) is 1. The summed E-state index contributed by atoms with van der Waals surface area (Å²) in [6.07, 6.45) is 2.18. The lowest BCUT2D eigenvalue weighted by atomic mass is 10.1. The van der Waals surface area contributed by atoms with Crippen LogP contribution in [0.2, 0.25) is 0 Å². The van der Waals surface area contributed by atoms with Gasteiger partial charge >= 0.3 is 6.09 Å². The number of methoxy groups -OCH3 is 1. The Balaban J connectivity index is 1.96. The van der Waals surface area contributed by atoms with Crippen LogP contribution in [-0.2, 0) is 14.6 Å². The second-order valence-electron chi connectivity index (χ2n) is 8.40. The number of aromatic nitrogens is 3. The predicted molar refractivity (Wildman–Crippen MR) is 125 cm³/mol. The quantitative estimate of drug-likeness (QED) is 0.559. The number of likely N-dealkylation sites (tertiary alicyclic amines) is 1. The Morgan fingerprint density at radius 2 is 2.03 bits per heavy atom. The summed E-state index contributed by atoms with van der Waals surface area (Å²) in [5.41, 5.74) is -0.127. The Kier molecular flexibility index (Phi) is 7.30. The standard InChI is InChI=1S/C19H26BrN5O5S2/c1-19(2,3)30-18(26)25-8-6-7-11(9-25)21-14-13(16-22-12(20)10-31-16)15(29-4)24-17(23-14)32(5,27)28/h10-11H,6-9H2,1-5H3,(H,21,23,24). The zero-order valence-electron chi connectivity index (χ0n) is 18.5. The van der Waals surface area contributed by atoms with Gasteiger partial charge in [0.2, 0.25) is 15.7 Å². The van der Waals surface area contributed by atoms with Gasteiger partial charge in [-0.2, -0.15) is 4.98 Å². The van der Waals surface area contributed by atoms with Gasteiger partial charge in [-0.15, -0.1) is 11.3 Å². The summed E-state index contributed by atoms with van der Waals surface area (Å²) in [5, 5.41) is 5.31. The van der Waals surface area contributed by atoms with Crippen molar-refractivity contribution in [3.63, 3.8) is 0 Å². The highest BCUT2D eigenvalue weighted by Crippen LogP contribution is 2.38. The van der Waals surface area contributed by atoms with E-state index in [1.54, 1.807) is 10.3 Å². The lowest BCUT2D eigenvalue weighted by Crippen LogP contribution is -2.47. The number of nitrogens with zero attached hydrogens (tertiary/aromatic N) is 4. The van der Waals surface area contributed by atoms with E-state index in [-0.39, 0.29) is 29.0 Å². The lowest BCUT2D eigenvalue weighted by molar-refractivity contribution is 0.0206. The normalized spacial score (nSPS) is 17.2. The molecule has 1 unspecified atom stereocenters. The van der Waals surface area contributed by atoms with Crippen LogP contribution in [0.5, 0.6) is 5.88 Å². The first kappa shape index (κ1) is 24.6. The highest BCUT2D eigenvalue weighted by atomic mass is 79.9. The van der Waals surface area contributed by atoms with Gasteiger partial charge in [-0.25, -0.2) is 23.2 Å². The molecule has 0 aromatic carbocycles. The van der Waals surface area contributed by atoms with Crippen LogP contribution < -0.4 is 10.1 Å². The van der Waals surface area contributed by atoms with Gasteiger partial charge in [0.1, 0.15) is 26.6 Å². The van der Waals surface area contributed by atoms with Crippen molar-refractivity contribution < 1.29 is 22.7 Å². The van der Waals surface area contributed by atoms with Gasteiger partial charge in [-0.1, -0.05) is 0 Å². The van der Waals surface area contributed by atoms with Crippen LogP contribution in [0.25, 0.3) is 10.6 Å². The molecule has 0 spiro atoms. The Bertz CT molecular complexity index is 1100. The summed E-state index contributed by atoms with van der Waals surface area (Å²) >= 11 is 4.68. The second kappa shape index (κ2) is 9.48. The molecule has 1 N–H and O–H groups in total. The smallest absolute Gasteiger partial charge is 0.410 e. The summed E-state index contributed by atoms with van der Waals surface area (Å²) in [7, 11) is -2.28. The predicted octanol–water partition coefficient (Wildman–Crippen LogP) is 3.59. The molecular formula is C19H26BrN5O5S2. The molecule has 0 radical (unpaired) electrons. The molecule has 1 aliphatic rings. The number of ether oxygens (including phenoxy) is 2. The van der Waals surface area contributed by atoms with E-state index in [4.69, 9.17) is 9.47 Å². The van der Waals surface area contributed by atoms with Crippen LogP contribution in [0.15, 0.2) is 15.1 Å². The number of anilines is 1. The van der Waals surface area contributed by atoms with Crippen LogP contribution in [0.1, 0.15) is 33.6 Å². The van der Waals surface area contributed by atoms with Crippen molar-refractivity contribution in [2.75, 3.05) is 31.8 Å². The number of sulfone groups is 1. The fraction of sp³-hybridized carbons (Fsp3) is 0.579. The maximum absolute atomic E-state index is 12.5. The number of halogens is 1. The molecule has 3 heterocycles. The fourth-order valence-electron chi connectivity index (χ4n) is 3.18. The number of hydrogen-bond donors (Lipinski definition) is 1. The molecule has 10 nitrogen and oxygen atoms in total. The summed E-state index contributed by atoms with van der Waals surface area (Å²) < 4.78 is 35.9. The molecule has 0 aliphatic carbocycles. The zero-order valence-corrected chi connectivity index (χ0v) is 21.7. The van der Waals surface area contributed by atoms with Gasteiger partial charge < -0.3 is 19.7 Å². The van der Waals surface area contributed by atoms with E-state index in [0.29, 0.717) is 28.3 Å². The second-order valence-corrected chi connectivity index (χ2v) is 12.0. The summed E-state index contributed by atoms with van der Waals surface area (Å²) in [4.78, 5) is 27.0. The van der Waals surface area contributed by atoms with Crippen molar-refractivity contribution >= 4 is 49.0 Å². The average Bonchev–Trinajstić information content (AvgIpc) is 3.11. The molecule has 1 amide bonds. The SMILES string of the molecule is COc1nc(S(C)(=O)=O)nc(NC2CCCN(C(=O)OC(C)(C)C)C2)c1-c1nc(Br)cs1. The molecule has 2 aromatic heterocycles. The first-order chi connectivity index (χ1) is 14.9. The Hall–Kier alpha value is -1.99. The van der Waals surface area contributed by atoms with E-state index in [9.17, 15) is 13.2 Å². The third-order valence-corrected chi connectivity index (χ3v) is 6.90. The first-order valence-electron chi connectivity index (χ1n) is 9.89. The third-order valence-electron chi connectivity index (χ3n) is 4.48. The fourth-order valence-corrected chi connectivity index (χ4v) is 4.98. The van der Waals surface area contributed by atoms with E-state index in [2.05, 4.69) is 36.2 Å². The van der Waals surface area contributed by atoms with E-state index in [1.807, 2.05) is 20.8 Å². The molecule has 3 rings (SSSR count). The minimum absolute atomic E-state index is 0.101.